The average molecular weight is 424 g/mol. The van der Waals surface area contributed by atoms with Crippen LogP contribution in [0.2, 0.25) is 0 Å². The van der Waals surface area contributed by atoms with E-state index in [-0.39, 0.29) is 12.3 Å². The summed E-state index contributed by atoms with van der Waals surface area (Å²) in [4.78, 5) is 12.7. The number of carbonyl (C=O) groups excluding carboxylic acids is 1. The molecule has 0 amide bonds. The van der Waals surface area contributed by atoms with Gasteiger partial charge in [-0.2, -0.15) is 5.10 Å². The Balaban J connectivity index is 1.89. The van der Waals surface area contributed by atoms with Gasteiger partial charge in [0.15, 0.2) is 5.78 Å². The number of methoxy groups -OCH3 is 1. The molecule has 2 heterocycles. The van der Waals surface area contributed by atoms with Crippen LogP contribution in [0.15, 0.2) is 47.9 Å². The van der Waals surface area contributed by atoms with Crippen molar-refractivity contribution in [3.63, 3.8) is 0 Å². The van der Waals surface area contributed by atoms with Crippen molar-refractivity contribution in [2.75, 3.05) is 7.11 Å². The first-order valence-electron chi connectivity index (χ1n) is 8.45. The lowest BCUT2D eigenvalue weighted by atomic mass is 10.1. The molecule has 3 rings (SSSR count). The second kappa shape index (κ2) is 9.04. The van der Waals surface area contributed by atoms with Crippen molar-refractivity contribution in [1.29, 1.82) is 0 Å². The van der Waals surface area contributed by atoms with Crippen LogP contribution >= 0.6 is 11.3 Å². The lowest BCUT2D eigenvalue weighted by Crippen LogP contribution is -2.08. The fourth-order valence-electron chi connectivity index (χ4n) is 2.72. The van der Waals surface area contributed by atoms with Crippen molar-refractivity contribution in [3.8, 4) is 5.75 Å². The molecule has 4 nitrogen and oxygen atoms in total. The molecule has 0 spiro atoms. The van der Waals surface area contributed by atoms with E-state index in [1.807, 2.05) is 0 Å². The molecule has 0 radical (unpaired) electrons. The standard InChI is InChI=1S/C20H16F4N2O2S/c1-28-17-7-5-12(4-6-16(27)18-3-2-8-29-18)9-13(17)11-26-15(20(23)24)10-14(25-26)19(21)22/h2-10,19-20H,11H2,1H3/b6-4+. The number of ketones is 1. The molecule has 0 saturated carbocycles. The fourth-order valence-corrected chi connectivity index (χ4v) is 3.37. The lowest BCUT2D eigenvalue weighted by Gasteiger charge is -2.12. The average Bonchev–Trinajstić information content (AvgIpc) is 3.36. The second-order valence-electron chi connectivity index (χ2n) is 6.00. The van der Waals surface area contributed by atoms with E-state index in [0.717, 1.165) is 4.68 Å². The number of benzene rings is 1. The van der Waals surface area contributed by atoms with E-state index in [4.69, 9.17) is 4.74 Å². The summed E-state index contributed by atoms with van der Waals surface area (Å²) in [5.41, 5.74) is -0.220. The minimum atomic E-state index is -2.95. The molecule has 0 unspecified atom stereocenters. The molecule has 29 heavy (non-hydrogen) atoms. The van der Waals surface area contributed by atoms with Crippen molar-refractivity contribution in [2.24, 2.45) is 0 Å². The first-order chi connectivity index (χ1) is 13.9. The minimum Gasteiger partial charge on any atom is -0.496 e. The van der Waals surface area contributed by atoms with E-state index in [2.05, 4.69) is 5.10 Å². The van der Waals surface area contributed by atoms with Gasteiger partial charge in [-0.1, -0.05) is 18.2 Å². The van der Waals surface area contributed by atoms with Crippen LogP contribution in [0.25, 0.3) is 6.08 Å². The van der Waals surface area contributed by atoms with E-state index < -0.39 is 24.2 Å². The Bertz CT molecular complexity index is 1010. The topological polar surface area (TPSA) is 44.1 Å². The summed E-state index contributed by atoms with van der Waals surface area (Å²) in [7, 11) is 1.41. The van der Waals surface area contributed by atoms with Crippen LogP contribution in [-0.4, -0.2) is 22.7 Å². The van der Waals surface area contributed by atoms with Crippen LogP contribution in [0.1, 0.15) is 45.0 Å². The quantitative estimate of drug-likeness (QED) is 0.262. The first-order valence-corrected chi connectivity index (χ1v) is 9.33. The molecule has 0 fully saturated rings. The van der Waals surface area contributed by atoms with Gasteiger partial charge in [-0.05, 0) is 41.3 Å². The van der Waals surface area contributed by atoms with Crippen molar-refractivity contribution in [3.05, 3.63) is 75.2 Å². The first kappa shape index (κ1) is 20.8. The van der Waals surface area contributed by atoms with Gasteiger partial charge in [-0.15, -0.1) is 11.3 Å². The number of ether oxygens (including phenoxy) is 1. The Morgan fingerprint density at radius 1 is 1.21 bits per heavy atom. The Hall–Kier alpha value is -2.94. The molecule has 2 aromatic heterocycles. The van der Waals surface area contributed by atoms with Crippen molar-refractivity contribution in [1.82, 2.24) is 9.78 Å². The van der Waals surface area contributed by atoms with E-state index in [9.17, 15) is 22.4 Å². The predicted octanol–water partition coefficient (Wildman–Crippen LogP) is 5.77. The summed E-state index contributed by atoms with van der Waals surface area (Å²) in [5.74, 6) is 0.229. The van der Waals surface area contributed by atoms with Crippen LogP contribution in [0, 0.1) is 0 Å². The van der Waals surface area contributed by atoms with Gasteiger partial charge in [-0.3, -0.25) is 9.48 Å². The third-order valence-electron chi connectivity index (χ3n) is 4.09. The molecule has 152 valence electrons. The number of allylic oxidation sites excluding steroid dienone is 1. The van der Waals surface area contributed by atoms with E-state index >= 15 is 0 Å². The van der Waals surface area contributed by atoms with Gasteiger partial charge in [0.2, 0.25) is 0 Å². The highest BCUT2D eigenvalue weighted by atomic mass is 32.1. The molecule has 1 aromatic carbocycles. The Labute approximate surface area is 168 Å². The van der Waals surface area contributed by atoms with Gasteiger partial charge in [0.05, 0.1) is 18.5 Å². The number of thiophene rings is 1. The molecule has 9 heteroatoms. The third kappa shape index (κ3) is 4.92. The zero-order chi connectivity index (χ0) is 21.0. The van der Waals surface area contributed by atoms with E-state index in [1.165, 1.54) is 24.5 Å². The third-order valence-corrected chi connectivity index (χ3v) is 4.98. The van der Waals surface area contributed by atoms with Gasteiger partial charge in [0, 0.05) is 5.56 Å². The summed E-state index contributed by atoms with van der Waals surface area (Å²) in [5, 5.41) is 5.40. The monoisotopic (exact) mass is 424 g/mol. The van der Waals surface area contributed by atoms with Gasteiger partial charge < -0.3 is 4.74 Å². The zero-order valence-corrected chi connectivity index (χ0v) is 16.0. The molecule has 0 saturated heterocycles. The number of alkyl halides is 4. The van der Waals surface area contributed by atoms with Gasteiger partial charge in [0.25, 0.3) is 12.9 Å². The van der Waals surface area contributed by atoms with Crippen molar-refractivity contribution < 1.29 is 27.1 Å². The summed E-state index contributed by atoms with van der Waals surface area (Å²) in [6.45, 7) is -0.184. The highest BCUT2D eigenvalue weighted by molar-refractivity contribution is 7.12. The number of halogens is 4. The van der Waals surface area contributed by atoms with Crippen molar-refractivity contribution >= 4 is 23.2 Å². The summed E-state index contributed by atoms with van der Waals surface area (Å²) in [6, 6.07) is 9.13. The van der Waals surface area contributed by atoms with E-state index in [1.54, 1.807) is 41.8 Å². The molecule has 0 atom stereocenters. The Morgan fingerprint density at radius 3 is 2.62 bits per heavy atom. The van der Waals surface area contributed by atoms with Crippen LogP contribution in [0.5, 0.6) is 5.75 Å². The number of hydrogen-bond acceptors (Lipinski definition) is 4. The Morgan fingerprint density at radius 2 is 2.00 bits per heavy atom. The number of aromatic nitrogens is 2. The highest BCUT2D eigenvalue weighted by Gasteiger charge is 2.22. The SMILES string of the molecule is COc1ccc(/C=C/C(=O)c2cccs2)cc1Cn1nc(C(F)F)cc1C(F)F. The number of rotatable bonds is 8. The maximum atomic E-state index is 13.2. The van der Waals surface area contributed by atoms with Crippen molar-refractivity contribution in [2.45, 2.75) is 19.4 Å². The molecule has 0 aliphatic rings. The molecule has 0 aliphatic carbocycles. The maximum Gasteiger partial charge on any atom is 0.282 e. The number of hydrogen-bond donors (Lipinski definition) is 0. The Kier molecular flexibility index (Phi) is 6.48. The van der Waals surface area contributed by atoms with Crippen LogP contribution in [0.4, 0.5) is 17.6 Å². The molecule has 0 N–H and O–H groups in total. The van der Waals surface area contributed by atoms with Crippen LogP contribution in [0.3, 0.4) is 0 Å². The van der Waals surface area contributed by atoms with E-state index in [0.29, 0.717) is 27.8 Å². The fraction of sp³-hybridized carbons (Fsp3) is 0.200. The molecule has 3 aromatic rings. The second-order valence-corrected chi connectivity index (χ2v) is 6.95. The summed E-state index contributed by atoms with van der Waals surface area (Å²) >= 11 is 1.32. The molecule has 0 bridgehead atoms. The smallest absolute Gasteiger partial charge is 0.282 e. The van der Waals surface area contributed by atoms with Crippen LogP contribution in [-0.2, 0) is 6.54 Å². The summed E-state index contributed by atoms with van der Waals surface area (Å²) < 4.78 is 58.3. The molecule has 0 aliphatic heterocycles. The maximum absolute atomic E-state index is 13.2. The lowest BCUT2D eigenvalue weighted by molar-refractivity contribution is 0.105. The number of carbonyl (C=O) groups is 1. The van der Waals surface area contributed by atoms with Gasteiger partial charge >= 0.3 is 0 Å². The van der Waals surface area contributed by atoms with Gasteiger partial charge in [0.1, 0.15) is 17.1 Å². The summed E-state index contributed by atoms with van der Waals surface area (Å²) in [6.07, 6.45) is -2.90. The largest absolute Gasteiger partial charge is 0.496 e. The number of nitrogens with zero attached hydrogens (tertiary/aromatic N) is 2. The van der Waals surface area contributed by atoms with Gasteiger partial charge in [-0.25, -0.2) is 17.6 Å². The molecular weight excluding hydrogens is 408 g/mol. The molecular formula is C20H16F4N2O2S. The predicted molar refractivity (Wildman–Crippen MR) is 102 cm³/mol. The zero-order valence-electron chi connectivity index (χ0n) is 15.2. The normalized spacial score (nSPS) is 11.7. The highest BCUT2D eigenvalue weighted by Crippen LogP contribution is 2.28. The van der Waals surface area contributed by atoms with Crippen LogP contribution < -0.4 is 4.74 Å². The minimum absolute atomic E-state index is 0.161.